The second-order valence-electron chi connectivity index (χ2n) is 6.73. The highest BCUT2D eigenvalue weighted by atomic mass is 79.9. The quantitative estimate of drug-likeness (QED) is 0.257. The third-order valence-electron chi connectivity index (χ3n) is 4.54. The molecule has 0 aliphatic heterocycles. The second-order valence-corrected chi connectivity index (χ2v) is 10.3. The van der Waals surface area contributed by atoms with Crippen molar-refractivity contribution in [2.45, 2.75) is 16.7 Å². The molecule has 0 radical (unpaired) electrons. The van der Waals surface area contributed by atoms with Gasteiger partial charge in [0.1, 0.15) is 0 Å². The standard InChI is InChI=1S/C22H18BrF2O4PS/c23-19-13-15(11-12-18(19)22(24,25)30(27,28)29)14-31-21(17-9-5-2-6-10-17)20(26)16-7-3-1-4-8-16/h1-13,21H,14H2,(H2,27,28,29). The monoisotopic (exact) mass is 526 g/mol. The Morgan fingerprint density at radius 1 is 1.00 bits per heavy atom. The maximum absolute atomic E-state index is 14.0. The third-order valence-corrected chi connectivity index (χ3v) is 7.49. The van der Waals surface area contributed by atoms with Gasteiger partial charge in [0, 0.05) is 21.4 Å². The molecule has 0 bridgehead atoms. The van der Waals surface area contributed by atoms with Gasteiger partial charge in [0.15, 0.2) is 5.78 Å². The fraction of sp³-hybridized carbons (Fsp3) is 0.136. The zero-order valence-electron chi connectivity index (χ0n) is 16.0. The van der Waals surface area contributed by atoms with Crippen molar-refractivity contribution in [2.24, 2.45) is 0 Å². The first kappa shape index (κ1) is 23.8. The number of hydrogen-bond donors (Lipinski definition) is 2. The molecule has 9 heteroatoms. The molecular formula is C22H18BrF2O4PS. The first-order valence-electron chi connectivity index (χ1n) is 9.09. The molecule has 0 saturated carbocycles. The van der Waals surface area contributed by atoms with Gasteiger partial charge in [-0.25, -0.2) is 0 Å². The number of alkyl halides is 2. The molecule has 1 atom stereocenters. The molecule has 3 rings (SSSR count). The first-order valence-corrected chi connectivity index (χ1v) is 12.5. The molecule has 0 spiro atoms. The molecule has 0 aromatic heterocycles. The number of ketones is 1. The van der Waals surface area contributed by atoms with E-state index in [1.807, 2.05) is 36.4 Å². The Labute approximate surface area is 191 Å². The molecule has 3 aromatic rings. The molecule has 0 amide bonds. The first-order chi connectivity index (χ1) is 14.6. The Balaban J connectivity index is 1.85. The summed E-state index contributed by atoms with van der Waals surface area (Å²) in [6.45, 7) is 0. The summed E-state index contributed by atoms with van der Waals surface area (Å²) >= 11 is 4.34. The van der Waals surface area contributed by atoms with Crippen LogP contribution in [0, 0.1) is 0 Å². The minimum absolute atomic E-state index is 0.0690. The van der Waals surface area contributed by atoms with Crippen LogP contribution < -0.4 is 0 Å². The Morgan fingerprint density at radius 2 is 1.58 bits per heavy atom. The zero-order valence-corrected chi connectivity index (χ0v) is 19.3. The Hall–Kier alpha value is -1.83. The average molecular weight is 527 g/mol. The van der Waals surface area contributed by atoms with Crippen LogP contribution in [0.1, 0.15) is 32.3 Å². The summed E-state index contributed by atoms with van der Waals surface area (Å²) in [6.07, 6.45) is 0. The number of rotatable bonds is 8. The Morgan fingerprint density at radius 3 is 2.13 bits per heavy atom. The van der Waals surface area contributed by atoms with Gasteiger partial charge in [-0.15, -0.1) is 11.8 Å². The van der Waals surface area contributed by atoms with Crippen LogP contribution >= 0.6 is 35.3 Å². The Kier molecular flexibility index (Phi) is 7.50. The largest absolute Gasteiger partial charge is 0.399 e. The van der Waals surface area contributed by atoms with Gasteiger partial charge in [0.2, 0.25) is 0 Å². The van der Waals surface area contributed by atoms with Gasteiger partial charge >= 0.3 is 13.3 Å². The lowest BCUT2D eigenvalue weighted by Crippen LogP contribution is -2.14. The van der Waals surface area contributed by atoms with E-state index >= 15 is 0 Å². The molecular weight excluding hydrogens is 509 g/mol. The molecule has 0 fully saturated rings. The molecule has 1 unspecified atom stereocenters. The summed E-state index contributed by atoms with van der Waals surface area (Å²) in [5, 5.41) is -0.501. The molecule has 0 aliphatic rings. The van der Waals surface area contributed by atoms with E-state index in [-0.39, 0.29) is 10.3 Å². The molecule has 0 aliphatic carbocycles. The maximum Gasteiger partial charge on any atom is 0.399 e. The number of Topliss-reactive ketones (excluding diaryl/α,β-unsaturated/α-hetero) is 1. The van der Waals surface area contributed by atoms with Crippen molar-refractivity contribution >= 4 is 41.1 Å². The fourth-order valence-corrected chi connectivity index (χ4v) is 5.45. The summed E-state index contributed by atoms with van der Waals surface area (Å²) in [5.74, 6) is 0.263. The van der Waals surface area contributed by atoms with Gasteiger partial charge in [0.25, 0.3) is 0 Å². The molecule has 0 heterocycles. The number of thioether (sulfide) groups is 1. The smallest absolute Gasteiger partial charge is 0.320 e. The molecule has 3 aromatic carbocycles. The molecule has 162 valence electrons. The number of benzene rings is 3. The second kappa shape index (κ2) is 9.76. The topological polar surface area (TPSA) is 74.6 Å². The highest BCUT2D eigenvalue weighted by molar-refractivity contribution is 9.10. The normalized spacial score (nSPS) is 13.1. The predicted octanol–water partition coefficient (Wildman–Crippen LogP) is 6.53. The number of carbonyl (C=O) groups excluding carboxylic acids is 1. The van der Waals surface area contributed by atoms with Gasteiger partial charge in [-0.3, -0.25) is 9.36 Å². The van der Waals surface area contributed by atoms with Crippen LogP contribution in [0.3, 0.4) is 0 Å². The molecule has 0 saturated heterocycles. The lowest BCUT2D eigenvalue weighted by molar-refractivity contribution is 0.0557. The molecule has 2 N–H and O–H groups in total. The minimum atomic E-state index is -5.66. The van der Waals surface area contributed by atoms with Crippen molar-refractivity contribution in [1.82, 2.24) is 0 Å². The van der Waals surface area contributed by atoms with E-state index in [2.05, 4.69) is 15.9 Å². The van der Waals surface area contributed by atoms with E-state index in [9.17, 15) is 18.1 Å². The van der Waals surface area contributed by atoms with Crippen molar-refractivity contribution in [2.75, 3.05) is 0 Å². The highest BCUT2D eigenvalue weighted by Crippen LogP contribution is 2.60. The van der Waals surface area contributed by atoms with E-state index in [1.165, 1.54) is 23.9 Å². The number of carbonyl (C=O) groups is 1. The molecule has 4 nitrogen and oxygen atoms in total. The summed E-state index contributed by atoms with van der Waals surface area (Å²) < 4.78 is 39.1. The SMILES string of the molecule is O=C(c1ccccc1)C(SCc1ccc(C(F)(F)P(=O)(O)O)c(Br)c1)c1ccccc1. The predicted molar refractivity (Wildman–Crippen MR) is 121 cm³/mol. The lowest BCUT2D eigenvalue weighted by Gasteiger charge is -2.20. The van der Waals surface area contributed by atoms with Gasteiger partial charge in [0.05, 0.1) is 5.25 Å². The van der Waals surface area contributed by atoms with E-state index in [0.29, 0.717) is 16.9 Å². The average Bonchev–Trinajstić information content (AvgIpc) is 2.74. The van der Waals surface area contributed by atoms with E-state index < -0.39 is 24.1 Å². The van der Waals surface area contributed by atoms with Crippen molar-refractivity contribution in [3.63, 3.8) is 0 Å². The van der Waals surface area contributed by atoms with Gasteiger partial charge in [-0.05, 0) is 17.2 Å². The van der Waals surface area contributed by atoms with Crippen LogP contribution in [-0.4, -0.2) is 15.6 Å². The van der Waals surface area contributed by atoms with Crippen molar-refractivity contribution in [3.05, 3.63) is 106 Å². The van der Waals surface area contributed by atoms with E-state index in [0.717, 1.165) is 11.6 Å². The van der Waals surface area contributed by atoms with Gasteiger partial charge in [-0.2, -0.15) is 8.78 Å². The van der Waals surface area contributed by atoms with Crippen LogP contribution in [0.15, 0.2) is 83.3 Å². The maximum atomic E-state index is 14.0. The summed E-state index contributed by atoms with van der Waals surface area (Å²) in [4.78, 5) is 31.0. The molecule has 31 heavy (non-hydrogen) atoms. The van der Waals surface area contributed by atoms with Gasteiger partial charge < -0.3 is 9.79 Å². The fourth-order valence-electron chi connectivity index (χ4n) is 2.93. The summed E-state index contributed by atoms with van der Waals surface area (Å²) in [5.41, 5.74) is -3.06. The third kappa shape index (κ3) is 5.51. The summed E-state index contributed by atoms with van der Waals surface area (Å²) in [7, 11) is -5.66. The van der Waals surface area contributed by atoms with Crippen LogP contribution in [0.2, 0.25) is 0 Å². The van der Waals surface area contributed by atoms with Crippen molar-refractivity contribution in [1.29, 1.82) is 0 Å². The summed E-state index contributed by atoms with van der Waals surface area (Å²) in [6, 6.07) is 21.9. The van der Waals surface area contributed by atoms with Crippen LogP contribution in [-0.2, 0) is 16.0 Å². The van der Waals surface area contributed by atoms with Crippen LogP contribution in [0.25, 0.3) is 0 Å². The highest BCUT2D eigenvalue weighted by Gasteiger charge is 2.51. The lowest BCUT2D eigenvalue weighted by atomic mass is 10.0. The van der Waals surface area contributed by atoms with Crippen LogP contribution in [0.4, 0.5) is 8.78 Å². The number of hydrogen-bond acceptors (Lipinski definition) is 3. The van der Waals surface area contributed by atoms with E-state index in [4.69, 9.17) is 9.79 Å². The number of halogens is 3. The Bertz CT molecular complexity index is 1110. The van der Waals surface area contributed by atoms with Crippen molar-refractivity contribution in [3.8, 4) is 0 Å². The van der Waals surface area contributed by atoms with Gasteiger partial charge in [-0.1, -0.05) is 88.7 Å². The van der Waals surface area contributed by atoms with Crippen molar-refractivity contribution < 1.29 is 27.9 Å². The zero-order chi connectivity index (χ0) is 22.6. The van der Waals surface area contributed by atoms with E-state index in [1.54, 1.807) is 24.3 Å². The van der Waals surface area contributed by atoms with Crippen LogP contribution in [0.5, 0.6) is 0 Å². The minimum Gasteiger partial charge on any atom is -0.320 e.